The number of hydrogen-bond donors (Lipinski definition) is 3. The van der Waals surface area contributed by atoms with Crippen LogP contribution in [0.4, 0.5) is 0 Å². The third kappa shape index (κ3) is 2.97. The van der Waals surface area contributed by atoms with E-state index in [0.717, 1.165) is 4.68 Å². The molecule has 0 fully saturated rings. The molecule has 104 valence electrons. The van der Waals surface area contributed by atoms with Crippen LogP contribution < -0.4 is 10.9 Å². The second kappa shape index (κ2) is 5.61. The van der Waals surface area contributed by atoms with Gasteiger partial charge in [-0.05, 0) is 19.4 Å². The molecular formula is C11H15N3O5. The van der Waals surface area contributed by atoms with E-state index in [1.807, 2.05) is 0 Å². The van der Waals surface area contributed by atoms with Gasteiger partial charge in [-0.1, -0.05) is 0 Å². The number of nitrogens with zero attached hydrogens (tertiary/aromatic N) is 2. The van der Waals surface area contributed by atoms with E-state index in [0.29, 0.717) is 11.3 Å². The fourth-order valence-electron chi connectivity index (χ4n) is 1.53. The van der Waals surface area contributed by atoms with Gasteiger partial charge >= 0.3 is 5.97 Å². The zero-order valence-corrected chi connectivity index (χ0v) is 10.8. The molecule has 1 amide bonds. The summed E-state index contributed by atoms with van der Waals surface area (Å²) < 4.78 is 1.01. The van der Waals surface area contributed by atoms with Gasteiger partial charge < -0.3 is 15.5 Å². The molecular weight excluding hydrogens is 254 g/mol. The Morgan fingerprint density at radius 3 is 2.47 bits per heavy atom. The Labute approximate surface area is 108 Å². The Kier molecular flexibility index (Phi) is 4.38. The van der Waals surface area contributed by atoms with Crippen molar-refractivity contribution in [2.45, 2.75) is 19.9 Å². The van der Waals surface area contributed by atoms with Crippen molar-refractivity contribution in [3.05, 3.63) is 27.2 Å². The third-order valence-corrected chi connectivity index (χ3v) is 2.74. The molecule has 0 bridgehead atoms. The van der Waals surface area contributed by atoms with Crippen LogP contribution in [-0.2, 0) is 11.8 Å². The van der Waals surface area contributed by atoms with Gasteiger partial charge in [0.15, 0.2) is 6.04 Å². The number of aryl methyl sites for hydroxylation is 2. The van der Waals surface area contributed by atoms with Gasteiger partial charge in [0.2, 0.25) is 0 Å². The minimum absolute atomic E-state index is 0.172. The summed E-state index contributed by atoms with van der Waals surface area (Å²) in [5, 5.41) is 23.6. The lowest BCUT2D eigenvalue weighted by molar-refractivity contribution is -0.140. The molecule has 0 aliphatic heterocycles. The summed E-state index contributed by atoms with van der Waals surface area (Å²) in [6.07, 6.45) is 0. The predicted octanol–water partition coefficient (Wildman–Crippen LogP) is -1.43. The molecule has 3 N–H and O–H groups in total. The van der Waals surface area contributed by atoms with Crippen molar-refractivity contribution in [2.75, 3.05) is 6.61 Å². The summed E-state index contributed by atoms with van der Waals surface area (Å²) in [5.74, 6) is -2.22. The molecule has 0 aliphatic rings. The summed E-state index contributed by atoms with van der Waals surface area (Å²) in [6.45, 7) is 2.42. The van der Waals surface area contributed by atoms with Crippen LogP contribution in [0.2, 0.25) is 0 Å². The van der Waals surface area contributed by atoms with Crippen molar-refractivity contribution in [3.63, 3.8) is 0 Å². The molecule has 1 atom stereocenters. The largest absolute Gasteiger partial charge is 0.480 e. The predicted molar refractivity (Wildman–Crippen MR) is 64.9 cm³/mol. The van der Waals surface area contributed by atoms with Crippen molar-refractivity contribution in [2.24, 2.45) is 7.05 Å². The number of rotatable bonds is 4. The van der Waals surface area contributed by atoms with E-state index >= 15 is 0 Å². The molecule has 0 radical (unpaired) electrons. The number of carboxylic acids is 1. The molecule has 0 aromatic carbocycles. The lowest BCUT2D eigenvalue weighted by Gasteiger charge is -2.13. The maximum Gasteiger partial charge on any atom is 0.328 e. The van der Waals surface area contributed by atoms with Crippen LogP contribution >= 0.6 is 0 Å². The van der Waals surface area contributed by atoms with Gasteiger partial charge in [-0.15, -0.1) is 0 Å². The van der Waals surface area contributed by atoms with E-state index < -0.39 is 30.1 Å². The molecule has 1 heterocycles. The van der Waals surface area contributed by atoms with Gasteiger partial charge in [-0.3, -0.25) is 9.59 Å². The maximum atomic E-state index is 11.9. The van der Waals surface area contributed by atoms with Crippen molar-refractivity contribution in [3.8, 4) is 0 Å². The van der Waals surface area contributed by atoms with Gasteiger partial charge in [-0.25, -0.2) is 9.48 Å². The van der Waals surface area contributed by atoms with Crippen molar-refractivity contribution >= 4 is 11.9 Å². The van der Waals surface area contributed by atoms with E-state index in [-0.39, 0.29) is 5.56 Å². The molecule has 0 spiro atoms. The van der Waals surface area contributed by atoms with E-state index in [1.54, 1.807) is 13.8 Å². The zero-order chi connectivity index (χ0) is 14.7. The number of amides is 1. The number of carbonyl (C=O) groups excluding carboxylic acids is 1. The Morgan fingerprint density at radius 2 is 2.00 bits per heavy atom. The highest BCUT2D eigenvalue weighted by molar-refractivity contribution is 5.97. The highest BCUT2D eigenvalue weighted by Gasteiger charge is 2.23. The standard InChI is InChI=1S/C11H15N3O5/c1-5-6(2)13-14(3)10(17)8(5)9(16)12-7(4-15)11(18)19/h7,15H,4H2,1-3H3,(H,12,16)(H,18,19)/t7-/m0/s1. The summed E-state index contributed by atoms with van der Waals surface area (Å²) in [7, 11) is 1.40. The number of carbonyl (C=O) groups is 2. The lowest BCUT2D eigenvalue weighted by atomic mass is 10.1. The minimum Gasteiger partial charge on any atom is -0.480 e. The first-order valence-corrected chi connectivity index (χ1v) is 5.48. The smallest absolute Gasteiger partial charge is 0.328 e. The Morgan fingerprint density at radius 1 is 1.42 bits per heavy atom. The zero-order valence-electron chi connectivity index (χ0n) is 10.8. The van der Waals surface area contributed by atoms with Crippen LogP contribution in [0.15, 0.2) is 4.79 Å². The number of hydrogen-bond acceptors (Lipinski definition) is 5. The molecule has 19 heavy (non-hydrogen) atoms. The summed E-state index contributed by atoms with van der Waals surface area (Å²) in [6, 6.07) is -1.45. The quantitative estimate of drug-likeness (QED) is 0.616. The van der Waals surface area contributed by atoms with E-state index in [4.69, 9.17) is 10.2 Å². The average Bonchev–Trinajstić information content (AvgIpc) is 2.33. The van der Waals surface area contributed by atoms with Crippen LogP contribution in [0.5, 0.6) is 0 Å². The summed E-state index contributed by atoms with van der Waals surface area (Å²) >= 11 is 0. The van der Waals surface area contributed by atoms with E-state index in [1.165, 1.54) is 7.05 Å². The molecule has 1 aromatic rings. The van der Waals surface area contributed by atoms with E-state index in [9.17, 15) is 14.4 Å². The molecule has 0 unspecified atom stereocenters. The van der Waals surface area contributed by atoms with Gasteiger partial charge in [0.05, 0.1) is 12.3 Å². The summed E-state index contributed by atoms with van der Waals surface area (Å²) in [4.78, 5) is 34.5. The Balaban J connectivity index is 3.21. The second-order valence-corrected chi connectivity index (χ2v) is 4.06. The topological polar surface area (TPSA) is 122 Å². The number of aliphatic carboxylic acids is 1. The first-order chi connectivity index (χ1) is 8.79. The first-order valence-electron chi connectivity index (χ1n) is 5.48. The second-order valence-electron chi connectivity index (χ2n) is 4.06. The van der Waals surface area contributed by atoms with Crippen LogP contribution in [-0.4, -0.2) is 44.5 Å². The third-order valence-electron chi connectivity index (χ3n) is 2.74. The van der Waals surface area contributed by atoms with Gasteiger partial charge in [0, 0.05) is 7.05 Å². The molecule has 8 heteroatoms. The number of carboxylic acid groups (broad SMARTS) is 1. The summed E-state index contributed by atoms with van der Waals surface area (Å²) in [5.41, 5.74) is 0.0724. The SMILES string of the molecule is Cc1nn(C)c(=O)c(C(=O)N[C@@H](CO)C(=O)O)c1C. The van der Waals surface area contributed by atoms with Crippen LogP contribution in [0.1, 0.15) is 21.6 Å². The maximum absolute atomic E-state index is 11.9. The fourth-order valence-corrected chi connectivity index (χ4v) is 1.53. The monoisotopic (exact) mass is 269 g/mol. The molecule has 8 nitrogen and oxygen atoms in total. The molecule has 0 aliphatic carbocycles. The van der Waals surface area contributed by atoms with Crippen LogP contribution in [0.25, 0.3) is 0 Å². The number of aromatic nitrogens is 2. The van der Waals surface area contributed by atoms with E-state index in [2.05, 4.69) is 10.4 Å². The number of aliphatic hydroxyl groups excluding tert-OH is 1. The molecule has 1 aromatic heterocycles. The number of aliphatic hydroxyl groups is 1. The molecule has 1 rings (SSSR count). The van der Waals surface area contributed by atoms with Crippen molar-refractivity contribution < 1.29 is 19.8 Å². The van der Waals surface area contributed by atoms with Crippen molar-refractivity contribution in [1.82, 2.24) is 15.1 Å². The van der Waals surface area contributed by atoms with Gasteiger partial charge in [0.1, 0.15) is 5.56 Å². The Hall–Kier alpha value is -2.22. The Bertz CT molecular complexity index is 578. The molecule has 0 saturated heterocycles. The van der Waals surface area contributed by atoms with Gasteiger partial charge in [-0.2, -0.15) is 5.10 Å². The fraction of sp³-hybridized carbons (Fsp3) is 0.455. The average molecular weight is 269 g/mol. The van der Waals surface area contributed by atoms with Crippen LogP contribution in [0, 0.1) is 13.8 Å². The van der Waals surface area contributed by atoms with Gasteiger partial charge in [0.25, 0.3) is 11.5 Å². The van der Waals surface area contributed by atoms with Crippen LogP contribution in [0.3, 0.4) is 0 Å². The highest BCUT2D eigenvalue weighted by Crippen LogP contribution is 2.06. The number of nitrogens with one attached hydrogen (secondary N) is 1. The first kappa shape index (κ1) is 14.8. The van der Waals surface area contributed by atoms with Crippen molar-refractivity contribution in [1.29, 1.82) is 0 Å². The minimum atomic E-state index is -1.45. The molecule has 0 saturated carbocycles. The lowest BCUT2D eigenvalue weighted by Crippen LogP contribution is -2.45. The normalized spacial score (nSPS) is 12.0. The highest BCUT2D eigenvalue weighted by atomic mass is 16.4.